The molecule has 1 atom stereocenters. The molecule has 0 fully saturated rings. The largest absolute Gasteiger partial charge is 0.388 e. The molecule has 24 heavy (non-hydrogen) atoms. The molecule has 0 saturated heterocycles. The average Bonchev–Trinajstić information content (AvgIpc) is 2.55. The molecular weight excluding hydrogens is 300 g/mol. The van der Waals surface area contributed by atoms with Crippen LogP contribution in [0.5, 0.6) is 0 Å². The third-order valence-corrected chi connectivity index (χ3v) is 4.22. The highest BCUT2D eigenvalue weighted by molar-refractivity contribution is 5.59. The third-order valence-electron chi connectivity index (χ3n) is 4.22. The summed E-state index contributed by atoms with van der Waals surface area (Å²) in [5.74, 6) is 2.03. The van der Waals surface area contributed by atoms with Gasteiger partial charge in [-0.05, 0) is 51.7 Å². The molecule has 0 radical (unpaired) electrons. The van der Waals surface area contributed by atoms with E-state index in [1.807, 2.05) is 32.9 Å². The Balaban J connectivity index is 2.17. The molecule has 130 valence electrons. The van der Waals surface area contributed by atoms with E-state index in [1.54, 1.807) is 12.4 Å². The number of hydrogen-bond acceptors (Lipinski definition) is 5. The number of aryl methyl sites for hydroxylation is 1. The van der Waals surface area contributed by atoms with Crippen molar-refractivity contribution >= 4 is 5.82 Å². The molecule has 5 heteroatoms. The molecular formula is C19H28N4O. The SMILES string of the molecule is Cc1nc(-c2ccncc2)nc(NCC(C)(O)CCC(C)C)c1C. The van der Waals surface area contributed by atoms with Gasteiger partial charge in [0.25, 0.3) is 0 Å². The minimum absolute atomic E-state index is 0.465. The summed E-state index contributed by atoms with van der Waals surface area (Å²) in [5, 5.41) is 13.9. The maximum Gasteiger partial charge on any atom is 0.161 e. The predicted molar refractivity (Wildman–Crippen MR) is 97.9 cm³/mol. The Hall–Kier alpha value is -2.01. The fourth-order valence-corrected chi connectivity index (χ4v) is 2.39. The zero-order valence-electron chi connectivity index (χ0n) is 15.3. The van der Waals surface area contributed by atoms with Gasteiger partial charge < -0.3 is 10.4 Å². The lowest BCUT2D eigenvalue weighted by Crippen LogP contribution is -2.34. The molecule has 0 aromatic carbocycles. The Morgan fingerprint density at radius 3 is 2.46 bits per heavy atom. The standard InChI is InChI=1S/C19H28N4O/c1-13(2)6-9-19(5,24)12-21-17-14(3)15(4)22-18(23-17)16-7-10-20-11-8-16/h7-8,10-11,13,24H,6,9,12H2,1-5H3,(H,21,22,23). The van der Waals surface area contributed by atoms with Crippen LogP contribution in [0.2, 0.25) is 0 Å². The quantitative estimate of drug-likeness (QED) is 0.810. The Morgan fingerprint density at radius 2 is 1.83 bits per heavy atom. The fourth-order valence-electron chi connectivity index (χ4n) is 2.39. The van der Waals surface area contributed by atoms with Crippen LogP contribution in [-0.4, -0.2) is 32.2 Å². The van der Waals surface area contributed by atoms with E-state index in [9.17, 15) is 5.11 Å². The van der Waals surface area contributed by atoms with Crippen LogP contribution in [0, 0.1) is 19.8 Å². The first kappa shape index (κ1) is 18.3. The minimum atomic E-state index is -0.758. The molecule has 2 heterocycles. The molecule has 0 aliphatic carbocycles. The summed E-state index contributed by atoms with van der Waals surface area (Å²) in [6, 6.07) is 3.79. The van der Waals surface area contributed by atoms with E-state index in [-0.39, 0.29) is 0 Å². The van der Waals surface area contributed by atoms with Crippen LogP contribution in [0.1, 0.15) is 44.9 Å². The first-order chi connectivity index (χ1) is 11.3. The number of pyridine rings is 1. The smallest absolute Gasteiger partial charge is 0.161 e. The zero-order valence-corrected chi connectivity index (χ0v) is 15.3. The van der Waals surface area contributed by atoms with Gasteiger partial charge in [-0.2, -0.15) is 0 Å². The highest BCUT2D eigenvalue weighted by atomic mass is 16.3. The number of hydrogen-bond donors (Lipinski definition) is 2. The Morgan fingerprint density at radius 1 is 1.17 bits per heavy atom. The van der Waals surface area contributed by atoms with Gasteiger partial charge in [-0.1, -0.05) is 13.8 Å². The second kappa shape index (κ2) is 7.71. The lowest BCUT2D eigenvalue weighted by atomic mass is 9.95. The van der Waals surface area contributed by atoms with Gasteiger partial charge in [0, 0.05) is 35.8 Å². The van der Waals surface area contributed by atoms with E-state index in [0.29, 0.717) is 18.3 Å². The van der Waals surface area contributed by atoms with E-state index < -0.39 is 5.60 Å². The molecule has 0 bridgehead atoms. The van der Waals surface area contributed by atoms with Crippen molar-refractivity contribution in [2.24, 2.45) is 5.92 Å². The van der Waals surface area contributed by atoms with E-state index >= 15 is 0 Å². The van der Waals surface area contributed by atoms with Crippen LogP contribution in [0.25, 0.3) is 11.4 Å². The van der Waals surface area contributed by atoms with Crippen molar-refractivity contribution in [2.75, 3.05) is 11.9 Å². The maximum absolute atomic E-state index is 10.6. The summed E-state index contributed by atoms with van der Waals surface area (Å²) in [5.41, 5.74) is 2.11. The summed E-state index contributed by atoms with van der Waals surface area (Å²) in [6.45, 7) is 10.6. The average molecular weight is 328 g/mol. The first-order valence-electron chi connectivity index (χ1n) is 8.50. The van der Waals surface area contributed by atoms with Crippen molar-refractivity contribution in [3.63, 3.8) is 0 Å². The maximum atomic E-state index is 10.6. The summed E-state index contributed by atoms with van der Waals surface area (Å²) in [6.07, 6.45) is 5.23. The van der Waals surface area contributed by atoms with Gasteiger partial charge >= 0.3 is 0 Å². The van der Waals surface area contributed by atoms with E-state index in [4.69, 9.17) is 0 Å². The van der Waals surface area contributed by atoms with Crippen LogP contribution < -0.4 is 5.32 Å². The van der Waals surface area contributed by atoms with Crippen molar-refractivity contribution < 1.29 is 5.11 Å². The highest BCUT2D eigenvalue weighted by Gasteiger charge is 2.21. The van der Waals surface area contributed by atoms with Gasteiger partial charge in [0.05, 0.1) is 5.60 Å². The van der Waals surface area contributed by atoms with Crippen LogP contribution >= 0.6 is 0 Å². The van der Waals surface area contributed by atoms with Gasteiger partial charge in [-0.3, -0.25) is 4.98 Å². The molecule has 0 amide bonds. The van der Waals surface area contributed by atoms with E-state index in [2.05, 4.69) is 34.1 Å². The van der Waals surface area contributed by atoms with Crippen molar-refractivity contribution in [2.45, 2.75) is 53.1 Å². The van der Waals surface area contributed by atoms with Crippen LogP contribution in [0.15, 0.2) is 24.5 Å². The lowest BCUT2D eigenvalue weighted by Gasteiger charge is -2.25. The lowest BCUT2D eigenvalue weighted by molar-refractivity contribution is 0.0585. The van der Waals surface area contributed by atoms with Gasteiger partial charge in [-0.25, -0.2) is 9.97 Å². The number of aromatic nitrogens is 3. The number of nitrogens with one attached hydrogen (secondary N) is 1. The number of nitrogens with zero attached hydrogens (tertiary/aromatic N) is 3. The Bertz CT molecular complexity index is 669. The predicted octanol–water partition coefficient (Wildman–Crippen LogP) is 3.75. The Labute approximate surface area is 144 Å². The summed E-state index contributed by atoms with van der Waals surface area (Å²) >= 11 is 0. The van der Waals surface area contributed by atoms with Crippen molar-refractivity contribution in [1.82, 2.24) is 15.0 Å². The molecule has 0 saturated carbocycles. The second-order valence-corrected chi connectivity index (χ2v) is 7.13. The van der Waals surface area contributed by atoms with Crippen molar-refractivity contribution in [3.05, 3.63) is 35.8 Å². The fraction of sp³-hybridized carbons (Fsp3) is 0.526. The number of rotatable bonds is 7. The first-order valence-corrected chi connectivity index (χ1v) is 8.50. The normalized spacial score (nSPS) is 13.8. The molecule has 2 aromatic heterocycles. The molecule has 2 N–H and O–H groups in total. The molecule has 0 spiro atoms. The summed E-state index contributed by atoms with van der Waals surface area (Å²) in [4.78, 5) is 13.2. The zero-order chi connectivity index (χ0) is 17.7. The minimum Gasteiger partial charge on any atom is -0.388 e. The van der Waals surface area contributed by atoms with Crippen molar-refractivity contribution in [1.29, 1.82) is 0 Å². The van der Waals surface area contributed by atoms with Crippen LogP contribution in [0.4, 0.5) is 5.82 Å². The third kappa shape index (κ3) is 4.99. The van der Waals surface area contributed by atoms with E-state index in [1.165, 1.54) is 0 Å². The molecule has 0 aliphatic rings. The second-order valence-electron chi connectivity index (χ2n) is 7.13. The molecule has 0 aliphatic heterocycles. The summed E-state index contributed by atoms with van der Waals surface area (Å²) in [7, 11) is 0. The molecule has 5 nitrogen and oxygen atoms in total. The van der Waals surface area contributed by atoms with Gasteiger partial charge in [0.2, 0.25) is 0 Å². The number of aliphatic hydroxyl groups is 1. The van der Waals surface area contributed by atoms with Crippen LogP contribution in [-0.2, 0) is 0 Å². The van der Waals surface area contributed by atoms with Gasteiger partial charge in [0.1, 0.15) is 5.82 Å². The monoisotopic (exact) mass is 328 g/mol. The van der Waals surface area contributed by atoms with Gasteiger partial charge in [0.15, 0.2) is 5.82 Å². The van der Waals surface area contributed by atoms with Gasteiger partial charge in [-0.15, -0.1) is 0 Å². The number of anilines is 1. The Kier molecular flexibility index (Phi) is 5.89. The topological polar surface area (TPSA) is 70.9 Å². The molecule has 2 rings (SSSR count). The molecule has 1 unspecified atom stereocenters. The van der Waals surface area contributed by atoms with Crippen LogP contribution in [0.3, 0.4) is 0 Å². The van der Waals surface area contributed by atoms with Crippen molar-refractivity contribution in [3.8, 4) is 11.4 Å². The molecule has 2 aromatic rings. The summed E-state index contributed by atoms with van der Waals surface area (Å²) < 4.78 is 0. The van der Waals surface area contributed by atoms with E-state index in [0.717, 1.165) is 35.5 Å². The highest BCUT2D eigenvalue weighted by Crippen LogP contribution is 2.23.